The zero-order valence-electron chi connectivity index (χ0n) is 13.2. The number of hydrogen-bond donors (Lipinski definition) is 0. The maximum absolute atomic E-state index is 12.7. The molecule has 136 valence electrons. The summed E-state index contributed by atoms with van der Waals surface area (Å²) < 4.78 is 65.6. The Hall–Kier alpha value is -2.42. The van der Waals surface area contributed by atoms with Crippen LogP contribution in [0.4, 0.5) is 24.5 Å². The van der Waals surface area contributed by atoms with Gasteiger partial charge in [0.2, 0.25) is 0 Å². The van der Waals surface area contributed by atoms with E-state index in [1.807, 2.05) is 6.07 Å². The van der Waals surface area contributed by atoms with Crippen molar-refractivity contribution in [2.75, 3.05) is 11.9 Å². The Morgan fingerprint density at radius 1 is 1.15 bits per heavy atom. The molecule has 0 radical (unpaired) electrons. The number of benzene rings is 2. The highest BCUT2D eigenvalue weighted by molar-refractivity contribution is 7.88. The van der Waals surface area contributed by atoms with Crippen molar-refractivity contribution in [2.24, 2.45) is 4.99 Å². The molecule has 1 aliphatic heterocycles. The summed E-state index contributed by atoms with van der Waals surface area (Å²) in [6.07, 6.45) is 0. The summed E-state index contributed by atoms with van der Waals surface area (Å²) >= 11 is 4.66. The number of hydrogen-bond acceptors (Lipinski definition) is 6. The lowest BCUT2D eigenvalue weighted by Crippen LogP contribution is -2.29. The lowest BCUT2D eigenvalue weighted by atomic mass is 9.90. The van der Waals surface area contributed by atoms with Crippen molar-refractivity contribution < 1.29 is 25.8 Å². The Morgan fingerprint density at radius 3 is 2.46 bits per heavy atom. The first-order valence-electron chi connectivity index (χ1n) is 7.20. The van der Waals surface area contributed by atoms with Crippen molar-refractivity contribution in [1.29, 1.82) is 0 Å². The molecule has 0 amide bonds. The second kappa shape index (κ2) is 6.39. The van der Waals surface area contributed by atoms with E-state index in [-0.39, 0.29) is 5.56 Å². The number of rotatable bonds is 3. The van der Waals surface area contributed by atoms with E-state index in [9.17, 15) is 21.6 Å². The quantitative estimate of drug-likeness (QED) is 0.335. The Labute approximate surface area is 152 Å². The lowest BCUT2D eigenvalue weighted by Gasteiger charge is -2.34. The minimum atomic E-state index is -5.82. The van der Waals surface area contributed by atoms with Gasteiger partial charge in [-0.05, 0) is 30.4 Å². The van der Waals surface area contributed by atoms with Crippen LogP contribution in [0.1, 0.15) is 17.2 Å². The Balaban J connectivity index is 2.23. The average Bonchev–Trinajstić information content (AvgIpc) is 2.57. The number of nitrogens with zero attached hydrogens (tertiary/aromatic N) is 2. The van der Waals surface area contributed by atoms with Crippen molar-refractivity contribution in [3.05, 3.63) is 53.6 Å². The van der Waals surface area contributed by atoms with E-state index in [0.717, 1.165) is 11.8 Å². The molecule has 10 heteroatoms. The highest BCUT2D eigenvalue weighted by Gasteiger charge is 2.49. The normalized spacial score (nSPS) is 16.3. The molecule has 0 aromatic heterocycles. The van der Waals surface area contributed by atoms with Crippen molar-refractivity contribution >= 4 is 38.9 Å². The third kappa shape index (κ3) is 2.96. The van der Waals surface area contributed by atoms with Crippen LogP contribution in [0, 0.1) is 0 Å². The van der Waals surface area contributed by atoms with Crippen LogP contribution >= 0.6 is 12.2 Å². The van der Waals surface area contributed by atoms with Crippen molar-refractivity contribution in [3.63, 3.8) is 0 Å². The van der Waals surface area contributed by atoms with Crippen LogP contribution in [0.3, 0.4) is 0 Å². The Bertz CT molecular complexity index is 1020. The van der Waals surface area contributed by atoms with Gasteiger partial charge in [-0.2, -0.15) is 21.6 Å². The van der Waals surface area contributed by atoms with E-state index < -0.39 is 27.4 Å². The van der Waals surface area contributed by atoms with Crippen LogP contribution in [0.15, 0.2) is 47.5 Å². The molecule has 1 aliphatic rings. The second-order valence-electron chi connectivity index (χ2n) is 5.41. The van der Waals surface area contributed by atoms with Gasteiger partial charge in [0.15, 0.2) is 5.75 Å². The third-order valence-corrected chi connectivity index (χ3v) is 5.01. The fraction of sp³-hybridized carbons (Fsp3) is 0.188. The second-order valence-corrected chi connectivity index (χ2v) is 7.13. The summed E-state index contributed by atoms with van der Waals surface area (Å²) in [6.45, 7) is 0. The van der Waals surface area contributed by atoms with Crippen molar-refractivity contribution in [1.82, 2.24) is 0 Å². The summed E-state index contributed by atoms with van der Waals surface area (Å²) in [7, 11) is -4.12. The number of thiocarbonyl (C=S) groups is 1. The smallest absolute Gasteiger partial charge is 0.376 e. The van der Waals surface area contributed by atoms with E-state index in [4.69, 9.17) is 0 Å². The molecule has 2 aromatic rings. The molecular formula is C16H11F3N2O3S2. The summed E-state index contributed by atoms with van der Waals surface area (Å²) in [5.41, 5.74) is -3.52. The van der Waals surface area contributed by atoms with Gasteiger partial charge in [-0.25, -0.2) is 4.99 Å². The van der Waals surface area contributed by atoms with Gasteiger partial charge in [-0.1, -0.05) is 24.3 Å². The first kappa shape index (κ1) is 18.4. The molecule has 0 bridgehead atoms. The SMILES string of the molecule is CN1c2ccccc2C(N=C=S)c2c(OS(=O)(=O)C(F)(F)F)cccc21. The van der Waals surface area contributed by atoms with Crippen LogP contribution in [-0.4, -0.2) is 26.1 Å². The molecule has 3 rings (SSSR count). The minimum Gasteiger partial charge on any atom is -0.376 e. The fourth-order valence-electron chi connectivity index (χ4n) is 2.83. The van der Waals surface area contributed by atoms with Gasteiger partial charge >= 0.3 is 15.6 Å². The summed E-state index contributed by atoms with van der Waals surface area (Å²) in [5.74, 6) is -0.458. The van der Waals surface area contributed by atoms with Gasteiger partial charge in [0.05, 0.1) is 10.8 Å². The Kier molecular flexibility index (Phi) is 4.51. The molecule has 5 nitrogen and oxygen atoms in total. The number of aliphatic imine (C=N–C) groups is 1. The molecule has 1 unspecified atom stereocenters. The lowest BCUT2D eigenvalue weighted by molar-refractivity contribution is -0.0500. The average molecular weight is 400 g/mol. The van der Waals surface area contributed by atoms with Gasteiger partial charge in [0.1, 0.15) is 6.04 Å². The maximum atomic E-state index is 12.7. The maximum Gasteiger partial charge on any atom is 0.534 e. The Morgan fingerprint density at radius 2 is 1.81 bits per heavy atom. The minimum absolute atomic E-state index is 0.166. The topological polar surface area (TPSA) is 59.0 Å². The number of fused-ring (bicyclic) bond motifs is 2. The standard InChI is InChI=1S/C16H11F3N2O3S2/c1-21-11-6-3-2-5-10(11)15(20-9-25)14-12(21)7-4-8-13(14)24-26(22,23)16(17,18)19/h2-8,15H,1H3. The molecule has 26 heavy (non-hydrogen) atoms. The van der Waals surface area contributed by atoms with E-state index >= 15 is 0 Å². The number of alkyl halides is 3. The number of anilines is 2. The monoisotopic (exact) mass is 400 g/mol. The molecule has 1 heterocycles. The largest absolute Gasteiger partial charge is 0.534 e. The molecule has 2 aromatic carbocycles. The number of para-hydroxylation sites is 1. The van der Waals surface area contributed by atoms with Crippen LogP contribution in [0.25, 0.3) is 0 Å². The molecule has 0 saturated carbocycles. The van der Waals surface area contributed by atoms with E-state index in [2.05, 4.69) is 26.6 Å². The first-order valence-corrected chi connectivity index (χ1v) is 9.02. The molecule has 0 saturated heterocycles. The van der Waals surface area contributed by atoms with Crippen LogP contribution in [0.5, 0.6) is 5.75 Å². The van der Waals surface area contributed by atoms with Gasteiger partial charge < -0.3 is 9.08 Å². The summed E-state index contributed by atoms with van der Waals surface area (Å²) in [6, 6.07) is 10.4. The highest BCUT2D eigenvalue weighted by atomic mass is 32.2. The first-order chi connectivity index (χ1) is 12.2. The van der Waals surface area contributed by atoms with Gasteiger partial charge in [0.25, 0.3) is 0 Å². The number of isothiocyanates is 1. The molecule has 0 fully saturated rings. The highest BCUT2D eigenvalue weighted by Crippen LogP contribution is 2.49. The van der Waals surface area contributed by atoms with Crippen LogP contribution in [-0.2, 0) is 10.1 Å². The van der Waals surface area contributed by atoms with E-state index in [1.54, 1.807) is 36.2 Å². The summed E-state index contributed by atoms with van der Waals surface area (Å²) in [5, 5.41) is 2.22. The van der Waals surface area contributed by atoms with E-state index in [0.29, 0.717) is 11.3 Å². The fourth-order valence-corrected chi connectivity index (χ4v) is 3.42. The van der Waals surface area contributed by atoms with Gasteiger partial charge in [-0.3, -0.25) is 0 Å². The van der Waals surface area contributed by atoms with Crippen molar-refractivity contribution in [2.45, 2.75) is 11.6 Å². The third-order valence-electron chi connectivity index (χ3n) is 3.94. The molecule has 0 aliphatic carbocycles. The molecule has 0 spiro atoms. The van der Waals surface area contributed by atoms with E-state index in [1.165, 1.54) is 6.07 Å². The van der Waals surface area contributed by atoms with Gasteiger partial charge in [0, 0.05) is 23.9 Å². The zero-order chi connectivity index (χ0) is 19.1. The van der Waals surface area contributed by atoms with Crippen LogP contribution < -0.4 is 9.08 Å². The number of halogens is 3. The van der Waals surface area contributed by atoms with Gasteiger partial charge in [-0.15, -0.1) is 0 Å². The molecule has 0 N–H and O–H groups in total. The molecule has 1 atom stereocenters. The predicted octanol–water partition coefficient (Wildman–Crippen LogP) is 4.19. The molecular weight excluding hydrogens is 389 g/mol. The van der Waals surface area contributed by atoms with Crippen LogP contribution in [0.2, 0.25) is 0 Å². The van der Waals surface area contributed by atoms with Crippen molar-refractivity contribution in [3.8, 4) is 5.75 Å². The zero-order valence-corrected chi connectivity index (χ0v) is 14.8. The predicted molar refractivity (Wildman–Crippen MR) is 93.4 cm³/mol. The summed E-state index contributed by atoms with van der Waals surface area (Å²) in [4.78, 5) is 5.75.